The van der Waals surface area contributed by atoms with Crippen LogP contribution in [0.4, 0.5) is 5.69 Å². The van der Waals surface area contributed by atoms with E-state index >= 15 is 0 Å². The molecular weight excluding hydrogens is 434 g/mol. The lowest BCUT2D eigenvalue weighted by atomic mass is 9.77. The summed E-state index contributed by atoms with van der Waals surface area (Å²) < 4.78 is 23.1. The van der Waals surface area contributed by atoms with Gasteiger partial charge in [0.05, 0.1) is 31.4 Å². The van der Waals surface area contributed by atoms with Crippen LogP contribution in [-0.4, -0.2) is 108 Å². The molecule has 33 heavy (non-hydrogen) atoms. The molecule has 7 N–H and O–H groups in total. The van der Waals surface area contributed by atoms with Crippen molar-refractivity contribution in [3.05, 3.63) is 24.3 Å². The van der Waals surface area contributed by atoms with Crippen molar-refractivity contribution in [3.63, 3.8) is 0 Å². The maximum atomic E-state index is 11.7. The summed E-state index contributed by atoms with van der Waals surface area (Å²) in [4.78, 5) is 0. The number of aliphatic hydroxyl groups excluding tert-OH is 2. The third kappa shape index (κ3) is 4.11. The van der Waals surface area contributed by atoms with E-state index in [0.29, 0.717) is 11.4 Å². The summed E-state index contributed by atoms with van der Waals surface area (Å²) in [5.41, 5.74) is -1.08. The largest absolute Gasteiger partial charge is 0.497 e. The highest BCUT2D eigenvalue weighted by Crippen LogP contribution is 2.46. The Kier molecular flexibility index (Phi) is 6.89. The molecule has 3 aliphatic rings. The summed E-state index contributed by atoms with van der Waals surface area (Å²) >= 11 is 0. The Morgan fingerprint density at radius 1 is 1.00 bits per heavy atom. The number of anilines is 1. The average molecular weight is 470 g/mol. The molecule has 0 radical (unpaired) electrons. The van der Waals surface area contributed by atoms with Gasteiger partial charge in [0.2, 0.25) is 12.1 Å². The zero-order valence-electron chi connectivity index (χ0n) is 19.3. The molecule has 3 fully saturated rings. The van der Waals surface area contributed by atoms with Gasteiger partial charge in [-0.3, -0.25) is 0 Å². The lowest BCUT2D eigenvalue weighted by Gasteiger charge is -2.60. The molecule has 0 spiro atoms. The fraction of sp³-hybridized carbons (Fsp3) is 0.727. The van der Waals surface area contributed by atoms with Crippen LogP contribution in [0, 0.1) is 0 Å². The van der Waals surface area contributed by atoms with Gasteiger partial charge in [-0.1, -0.05) is 0 Å². The van der Waals surface area contributed by atoms with Crippen molar-refractivity contribution >= 4 is 5.69 Å². The molecule has 4 rings (SSSR count). The SMILES string of the molecule is CNC1C(O)C(NC)C2OC3(O)C(OC(C)CC3(O)CNc3ccc(OC)cc3)OC2C1O. The van der Waals surface area contributed by atoms with E-state index in [1.54, 1.807) is 52.4 Å². The Balaban J connectivity index is 1.60. The van der Waals surface area contributed by atoms with E-state index < -0.39 is 60.3 Å². The van der Waals surface area contributed by atoms with Crippen molar-refractivity contribution in [1.29, 1.82) is 0 Å². The van der Waals surface area contributed by atoms with Gasteiger partial charge in [0.1, 0.15) is 29.7 Å². The van der Waals surface area contributed by atoms with Crippen LogP contribution in [0.25, 0.3) is 0 Å². The smallest absolute Gasteiger partial charge is 0.250 e. The number of fused-ring (bicyclic) bond motifs is 2. The first-order chi connectivity index (χ1) is 15.7. The van der Waals surface area contributed by atoms with Gasteiger partial charge in [-0.25, -0.2) is 0 Å². The third-order valence-corrected chi connectivity index (χ3v) is 7.02. The van der Waals surface area contributed by atoms with Crippen LogP contribution < -0.4 is 20.7 Å². The van der Waals surface area contributed by atoms with Crippen molar-refractivity contribution in [3.8, 4) is 5.75 Å². The second kappa shape index (κ2) is 9.25. The fourth-order valence-electron chi connectivity index (χ4n) is 5.19. The monoisotopic (exact) mass is 469 g/mol. The Bertz CT molecular complexity index is 815. The van der Waals surface area contributed by atoms with Gasteiger partial charge in [-0.05, 0) is 45.3 Å². The second-order valence-corrected chi connectivity index (χ2v) is 9.09. The number of aliphatic hydroxyl groups is 4. The van der Waals surface area contributed by atoms with E-state index in [2.05, 4.69) is 16.0 Å². The van der Waals surface area contributed by atoms with Gasteiger partial charge >= 0.3 is 0 Å². The van der Waals surface area contributed by atoms with E-state index in [9.17, 15) is 20.4 Å². The molecule has 2 heterocycles. The van der Waals surface area contributed by atoms with Gasteiger partial charge < -0.3 is 55.3 Å². The van der Waals surface area contributed by atoms with E-state index in [1.807, 2.05) is 0 Å². The quantitative estimate of drug-likeness (QED) is 0.257. The van der Waals surface area contributed by atoms with Gasteiger partial charge in [-0.2, -0.15) is 0 Å². The minimum Gasteiger partial charge on any atom is -0.497 e. The zero-order chi connectivity index (χ0) is 24.0. The molecule has 11 nitrogen and oxygen atoms in total. The zero-order valence-corrected chi connectivity index (χ0v) is 19.3. The first kappa shape index (κ1) is 24.6. The molecule has 10 atom stereocenters. The molecule has 0 aromatic heterocycles. The van der Waals surface area contributed by atoms with Gasteiger partial charge in [0.15, 0.2) is 0 Å². The predicted octanol–water partition coefficient (Wildman–Crippen LogP) is -1.64. The van der Waals surface area contributed by atoms with Gasteiger partial charge in [0, 0.05) is 18.7 Å². The standard InChI is InChI=1S/C22H35N3O8/c1-11-9-21(28,10-25-12-5-7-13(30-4)8-6-12)22(29)20(31-11)32-19-17(27)14(23-2)16(26)15(24-3)18(19)33-22/h5-8,11,14-20,23-29H,9-10H2,1-4H3. The first-order valence-corrected chi connectivity index (χ1v) is 11.2. The molecule has 1 aromatic carbocycles. The van der Waals surface area contributed by atoms with Gasteiger partial charge in [0.25, 0.3) is 0 Å². The highest BCUT2D eigenvalue weighted by atomic mass is 16.8. The van der Waals surface area contributed by atoms with Gasteiger partial charge in [-0.15, -0.1) is 0 Å². The van der Waals surface area contributed by atoms with E-state index in [-0.39, 0.29) is 13.0 Å². The minimum atomic E-state index is -2.25. The summed E-state index contributed by atoms with van der Waals surface area (Å²) in [6.07, 6.45) is -5.74. The Morgan fingerprint density at radius 2 is 1.67 bits per heavy atom. The molecule has 2 aliphatic heterocycles. The van der Waals surface area contributed by atoms with Crippen molar-refractivity contribution in [1.82, 2.24) is 10.6 Å². The lowest BCUT2D eigenvalue weighted by Crippen LogP contribution is -2.81. The van der Waals surface area contributed by atoms with E-state index in [1.165, 1.54) is 0 Å². The van der Waals surface area contributed by atoms with Crippen LogP contribution in [0.15, 0.2) is 24.3 Å². The number of ether oxygens (including phenoxy) is 4. The molecule has 11 heteroatoms. The Hall–Kier alpha value is -1.54. The summed E-state index contributed by atoms with van der Waals surface area (Å²) in [5, 5.41) is 53.9. The molecule has 0 amide bonds. The van der Waals surface area contributed by atoms with Crippen LogP contribution in [0.3, 0.4) is 0 Å². The number of rotatable bonds is 6. The molecule has 186 valence electrons. The molecule has 0 bridgehead atoms. The van der Waals surface area contributed by atoms with E-state index in [4.69, 9.17) is 18.9 Å². The highest BCUT2D eigenvalue weighted by Gasteiger charge is 2.68. The maximum absolute atomic E-state index is 11.7. The highest BCUT2D eigenvalue weighted by molar-refractivity contribution is 5.46. The lowest BCUT2D eigenvalue weighted by molar-refractivity contribution is -0.481. The number of likely N-dealkylation sites (N-methyl/N-ethyl adjacent to an activating group) is 2. The predicted molar refractivity (Wildman–Crippen MR) is 118 cm³/mol. The van der Waals surface area contributed by atoms with Crippen molar-refractivity contribution in [2.45, 2.75) is 73.6 Å². The maximum Gasteiger partial charge on any atom is 0.250 e. The summed E-state index contributed by atoms with van der Waals surface area (Å²) in [7, 11) is 4.85. The number of hydrogen-bond acceptors (Lipinski definition) is 11. The first-order valence-electron chi connectivity index (χ1n) is 11.2. The third-order valence-electron chi connectivity index (χ3n) is 7.02. The van der Waals surface area contributed by atoms with Crippen molar-refractivity contribution < 1.29 is 39.4 Å². The number of benzene rings is 1. The normalized spacial score (nSPS) is 45.1. The molecule has 1 aromatic rings. The molecular formula is C22H35N3O8. The average Bonchev–Trinajstić information content (AvgIpc) is 2.79. The summed E-state index contributed by atoms with van der Waals surface area (Å²) in [6.45, 7) is 1.70. The molecule has 10 unspecified atom stereocenters. The minimum absolute atomic E-state index is 0.0603. The van der Waals surface area contributed by atoms with Crippen LogP contribution >= 0.6 is 0 Å². The Morgan fingerprint density at radius 3 is 2.27 bits per heavy atom. The fourth-order valence-corrected chi connectivity index (χ4v) is 5.19. The van der Waals surface area contributed by atoms with Crippen LogP contribution in [0.5, 0.6) is 5.75 Å². The van der Waals surface area contributed by atoms with E-state index in [0.717, 1.165) is 0 Å². The van der Waals surface area contributed by atoms with Crippen LogP contribution in [-0.2, 0) is 14.2 Å². The Labute approximate surface area is 193 Å². The molecule has 1 saturated carbocycles. The summed E-state index contributed by atoms with van der Waals surface area (Å²) in [5.74, 6) is -1.55. The molecule has 2 saturated heterocycles. The van der Waals surface area contributed by atoms with Crippen molar-refractivity contribution in [2.24, 2.45) is 0 Å². The molecule has 1 aliphatic carbocycles. The number of hydrogen-bond donors (Lipinski definition) is 7. The second-order valence-electron chi connectivity index (χ2n) is 9.09. The van der Waals surface area contributed by atoms with Crippen LogP contribution in [0.2, 0.25) is 0 Å². The number of methoxy groups -OCH3 is 1. The summed E-state index contributed by atoms with van der Waals surface area (Å²) in [6, 6.07) is 5.78. The topological polar surface area (TPSA) is 154 Å². The van der Waals surface area contributed by atoms with Crippen LogP contribution in [0.1, 0.15) is 13.3 Å². The number of nitrogens with one attached hydrogen (secondary N) is 3. The van der Waals surface area contributed by atoms with Crippen molar-refractivity contribution in [2.75, 3.05) is 33.1 Å².